The van der Waals surface area contributed by atoms with Crippen LogP contribution in [0.25, 0.3) is 0 Å². The van der Waals surface area contributed by atoms with Crippen molar-refractivity contribution in [3.8, 4) is 0 Å². The van der Waals surface area contributed by atoms with Gasteiger partial charge in [-0.1, -0.05) is 26.2 Å². The van der Waals surface area contributed by atoms with E-state index < -0.39 is 0 Å². The molecule has 2 saturated carbocycles. The monoisotopic (exact) mass is 227 g/mol. The number of rotatable bonds is 3. The van der Waals surface area contributed by atoms with E-state index in [-0.39, 0.29) is 0 Å². The van der Waals surface area contributed by atoms with Crippen LogP contribution < -0.4 is 5.32 Å². The molecule has 0 aromatic rings. The molecule has 2 fully saturated rings. The Hall–Kier alpha value is 0.310. The summed E-state index contributed by atoms with van der Waals surface area (Å²) in [7, 11) is 2.12. The Balaban J connectivity index is 1.79. The van der Waals surface area contributed by atoms with E-state index in [9.17, 15) is 0 Å². The van der Waals surface area contributed by atoms with Crippen molar-refractivity contribution in [2.75, 3.05) is 7.05 Å². The highest BCUT2D eigenvalue weighted by Crippen LogP contribution is 2.40. The first-order chi connectivity index (χ1) is 7.31. The van der Waals surface area contributed by atoms with Gasteiger partial charge in [0.05, 0.1) is 0 Å². The molecule has 15 heavy (non-hydrogen) atoms. The maximum absolute atomic E-state index is 3.47. The first-order valence-corrected chi connectivity index (χ1v) is 7.58. The van der Waals surface area contributed by atoms with E-state index in [4.69, 9.17) is 0 Å². The lowest BCUT2D eigenvalue weighted by molar-refractivity contribution is 0.461. The van der Waals surface area contributed by atoms with Crippen molar-refractivity contribution in [3.05, 3.63) is 0 Å². The highest BCUT2D eigenvalue weighted by atomic mass is 32.2. The molecule has 3 atom stereocenters. The summed E-state index contributed by atoms with van der Waals surface area (Å²) in [4.78, 5) is 0. The fourth-order valence-corrected chi connectivity index (χ4v) is 4.99. The number of hydrogen-bond acceptors (Lipinski definition) is 2. The fraction of sp³-hybridized carbons (Fsp3) is 1.00. The molecule has 0 aromatic heterocycles. The molecule has 2 rings (SSSR count). The van der Waals surface area contributed by atoms with Gasteiger partial charge in [-0.25, -0.2) is 0 Å². The Labute approximate surface area is 98.8 Å². The predicted molar refractivity (Wildman–Crippen MR) is 69.5 cm³/mol. The highest BCUT2D eigenvalue weighted by molar-refractivity contribution is 8.00. The summed E-state index contributed by atoms with van der Waals surface area (Å²) in [6, 6.07) is 0.783. The van der Waals surface area contributed by atoms with Crippen LogP contribution in [0.1, 0.15) is 51.9 Å². The van der Waals surface area contributed by atoms with Gasteiger partial charge in [0.2, 0.25) is 0 Å². The van der Waals surface area contributed by atoms with Crippen molar-refractivity contribution >= 4 is 11.8 Å². The summed E-state index contributed by atoms with van der Waals surface area (Å²) in [5.74, 6) is 0.877. The summed E-state index contributed by atoms with van der Waals surface area (Å²) in [6.45, 7) is 2.44. The van der Waals surface area contributed by atoms with Crippen molar-refractivity contribution in [1.29, 1.82) is 0 Å². The van der Waals surface area contributed by atoms with Gasteiger partial charge in [0.25, 0.3) is 0 Å². The second kappa shape index (κ2) is 5.58. The largest absolute Gasteiger partial charge is 0.317 e. The zero-order valence-corrected chi connectivity index (χ0v) is 11.0. The van der Waals surface area contributed by atoms with E-state index in [1.807, 2.05) is 0 Å². The topological polar surface area (TPSA) is 12.0 Å². The maximum Gasteiger partial charge on any atom is 0.0101 e. The molecule has 1 N–H and O–H groups in total. The molecular weight excluding hydrogens is 202 g/mol. The summed E-state index contributed by atoms with van der Waals surface area (Å²) >= 11 is 2.32. The molecular formula is C13H25NS. The van der Waals surface area contributed by atoms with Crippen LogP contribution in [0, 0.1) is 5.92 Å². The summed E-state index contributed by atoms with van der Waals surface area (Å²) < 4.78 is 0. The average Bonchev–Trinajstić information content (AvgIpc) is 2.62. The molecule has 2 aliphatic rings. The second-order valence-corrected chi connectivity index (χ2v) is 6.81. The van der Waals surface area contributed by atoms with Gasteiger partial charge in [-0.15, -0.1) is 0 Å². The Morgan fingerprint density at radius 1 is 1.00 bits per heavy atom. The molecule has 0 saturated heterocycles. The van der Waals surface area contributed by atoms with Crippen molar-refractivity contribution in [1.82, 2.24) is 5.32 Å². The van der Waals surface area contributed by atoms with Crippen molar-refractivity contribution in [2.45, 2.75) is 68.4 Å². The van der Waals surface area contributed by atoms with Crippen LogP contribution in [-0.4, -0.2) is 23.6 Å². The molecule has 2 aliphatic carbocycles. The van der Waals surface area contributed by atoms with Gasteiger partial charge < -0.3 is 5.32 Å². The van der Waals surface area contributed by atoms with Gasteiger partial charge in [0, 0.05) is 16.5 Å². The van der Waals surface area contributed by atoms with E-state index in [0.717, 1.165) is 22.5 Å². The molecule has 0 bridgehead atoms. The van der Waals surface area contributed by atoms with E-state index in [1.165, 1.54) is 44.9 Å². The third-order valence-electron chi connectivity index (χ3n) is 4.27. The lowest BCUT2D eigenvalue weighted by Crippen LogP contribution is -2.30. The van der Waals surface area contributed by atoms with Crippen LogP contribution in [0.2, 0.25) is 0 Å². The Morgan fingerprint density at radius 2 is 1.73 bits per heavy atom. The molecule has 3 unspecified atom stereocenters. The minimum Gasteiger partial charge on any atom is -0.317 e. The molecule has 0 aromatic carbocycles. The number of hydrogen-bond donors (Lipinski definition) is 1. The molecule has 2 heteroatoms. The van der Waals surface area contributed by atoms with E-state index >= 15 is 0 Å². The summed E-state index contributed by atoms with van der Waals surface area (Å²) in [6.07, 6.45) is 10.2. The molecule has 0 amide bonds. The first-order valence-electron chi connectivity index (χ1n) is 6.64. The van der Waals surface area contributed by atoms with Crippen molar-refractivity contribution in [2.24, 2.45) is 5.92 Å². The van der Waals surface area contributed by atoms with Crippen molar-refractivity contribution in [3.63, 3.8) is 0 Å². The van der Waals surface area contributed by atoms with Gasteiger partial charge in [-0.05, 0) is 38.6 Å². The minimum absolute atomic E-state index is 0.783. The Kier molecular flexibility index (Phi) is 4.39. The number of nitrogens with one attached hydrogen (secondary N) is 1. The van der Waals surface area contributed by atoms with Gasteiger partial charge in [0.15, 0.2) is 0 Å². The third kappa shape index (κ3) is 2.91. The summed E-state index contributed by atoms with van der Waals surface area (Å²) in [5.41, 5.74) is 0. The Bertz CT molecular complexity index is 189. The normalized spacial score (nSPS) is 38.4. The predicted octanol–water partition coefficient (Wildman–Crippen LogP) is 3.44. The van der Waals surface area contributed by atoms with Gasteiger partial charge >= 0.3 is 0 Å². The van der Waals surface area contributed by atoms with Gasteiger partial charge in [0.1, 0.15) is 0 Å². The molecule has 0 aliphatic heterocycles. The lowest BCUT2D eigenvalue weighted by Gasteiger charge is -2.27. The fourth-order valence-electron chi connectivity index (χ4n) is 3.18. The SMILES string of the molecule is CNC1CCC(SC2CCCCC2)C1C. The van der Waals surface area contributed by atoms with Crippen LogP contribution in [0.3, 0.4) is 0 Å². The Morgan fingerprint density at radius 3 is 2.33 bits per heavy atom. The summed E-state index contributed by atoms with van der Waals surface area (Å²) in [5, 5.41) is 5.39. The third-order valence-corrected chi connectivity index (χ3v) is 6.14. The van der Waals surface area contributed by atoms with E-state index in [1.54, 1.807) is 0 Å². The molecule has 88 valence electrons. The van der Waals surface area contributed by atoms with Crippen molar-refractivity contribution < 1.29 is 0 Å². The van der Waals surface area contributed by atoms with Crippen LogP contribution in [0.15, 0.2) is 0 Å². The average molecular weight is 227 g/mol. The van der Waals surface area contributed by atoms with Crippen LogP contribution in [0.5, 0.6) is 0 Å². The maximum atomic E-state index is 3.47. The van der Waals surface area contributed by atoms with Crippen LogP contribution >= 0.6 is 11.8 Å². The minimum atomic E-state index is 0.783. The molecule has 0 radical (unpaired) electrons. The smallest absolute Gasteiger partial charge is 0.0101 e. The zero-order valence-electron chi connectivity index (χ0n) is 10.2. The molecule has 0 heterocycles. The lowest BCUT2D eigenvalue weighted by atomic mass is 10.0. The van der Waals surface area contributed by atoms with Crippen LogP contribution in [-0.2, 0) is 0 Å². The second-order valence-electron chi connectivity index (χ2n) is 5.27. The first kappa shape index (κ1) is 11.8. The van der Waals surface area contributed by atoms with Gasteiger partial charge in [-0.2, -0.15) is 11.8 Å². The van der Waals surface area contributed by atoms with E-state index in [2.05, 4.69) is 31.1 Å². The highest BCUT2D eigenvalue weighted by Gasteiger charge is 2.33. The van der Waals surface area contributed by atoms with E-state index in [0.29, 0.717) is 0 Å². The zero-order chi connectivity index (χ0) is 10.7. The standard InChI is InChI=1S/C13H25NS/c1-10-12(14-2)8-9-13(10)15-11-6-4-3-5-7-11/h10-14H,3-9H2,1-2H3. The molecule has 1 nitrogen and oxygen atoms in total. The van der Waals surface area contributed by atoms with Crippen LogP contribution in [0.4, 0.5) is 0 Å². The molecule has 0 spiro atoms. The van der Waals surface area contributed by atoms with Gasteiger partial charge in [-0.3, -0.25) is 0 Å². The number of thioether (sulfide) groups is 1. The quantitative estimate of drug-likeness (QED) is 0.792.